The lowest BCUT2D eigenvalue weighted by Gasteiger charge is -2.23. The molecule has 0 fully saturated rings. The van der Waals surface area contributed by atoms with E-state index in [1.807, 2.05) is 6.92 Å². The fraction of sp³-hybridized carbons (Fsp3) is 0.583. The van der Waals surface area contributed by atoms with Crippen molar-refractivity contribution in [2.24, 2.45) is 12.5 Å². The minimum absolute atomic E-state index is 0.256. The van der Waals surface area contributed by atoms with Crippen LogP contribution in [0.5, 0.6) is 0 Å². The van der Waals surface area contributed by atoms with Crippen LogP contribution >= 0.6 is 0 Å². The number of aryl methyl sites for hydroxylation is 2. The number of aromatic nitrogens is 2. The third kappa shape index (κ3) is 2.45. The van der Waals surface area contributed by atoms with Crippen LogP contribution in [0.15, 0.2) is 0 Å². The van der Waals surface area contributed by atoms with Gasteiger partial charge in [0, 0.05) is 13.6 Å². The van der Waals surface area contributed by atoms with E-state index in [4.69, 9.17) is 5.26 Å². The highest BCUT2D eigenvalue weighted by molar-refractivity contribution is 5.75. The number of carboxylic acids is 1. The zero-order valence-electron chi connectivity index (χ0n) is 11.1. The average molecular weight is 250 g/mol. The SMILES string of the molecule is CCC(C)(CNc1c(C#N)c(C)nn1C)C(=O)O. The van der Waals surface area contributed by atoms with Crippen molar-refractivity contribution in [3.8, 4) is 6.07 Å². The summed E-state index contributed by atoms with van der Waals surface area (Å²) in [6.07, 6.45) is 0.508. The van der Waals surface area contributed by atoms with Crippen LogP contribution < -0.4 is 5.32 Å². The highest BCUT2D eigenvalue weighted by Crippen LogP contribution is 2.24. The van der Waals surface area contributed by atoms with E-state index in [-0.39, 0.29) is 6.54 Å². The number of nitrogens with one attached hydrogen (secondary N) is 1. The maximum Gasteiger partial charge on any atom is 0.311 e. The number of aliphatic carboxylic acids is 1. The second-order valence-corrected chi connectivity index (χ2v) is 4.62. The Morgan fingerprint density at radius 3 is 2.72 bits per heavy atom. The summed E-state index contributed by atoms with van der Waals surface area (Å²) >= 11 is 0. The summed E-state index contributed by atoms with van der Waals surface area (Å²) in [5.41, 5.74) is 0.239. The summed E-state index contributed by atoms with van der Waals surface area (Å²) in [5, 5.41) is 25.4. The van der Waals surface area contributed by atoms with Crippen molar-refractivity contribution in [2.75, 3.05) is 11.9 Å². The fourth-order valence-corrected chi connectivity index (χ4v) is 1.63. The highest BCUT2D eigenvalue weighted by atomic mass is 16.4. The minimum Gasteiger partial charge on any atom is -0.481 e. The number of hydrogen-bond acceptors (Lipinski definition) is 4. The van der Waals surface area contributed by atoms with Crippen LogP contribution in [0.1, 0.15) is 31.5 Å². The topological polar surface area (TPSA) is 90.9 Å². The third-order valence-corrected chi connectivity index (χ3v) is 3.28. The Morgan fingerprint density at radius 2 is 2.28 bits per heavy atom. The van der Waals surface area contributed by atoms with Crippen LogP contribution in [0.4, 0.5) is 5.82 Å². The Morgan fingerprint density at radius 1 is 1.67 bits per heavy atom. The molecule has 0 bridgehead atoms. The van der Waals surface area contributed by atoms with Gasteiger partial charge in [0.2, 0.25) is 0 Å². The van der Waals surface area contributed by atoms with Gasteiger partial charge in [0.15, 0.2) is 0 Å². The first-order valence-electron chi connectivity index (χ1n) is 5.76. The van der Waals surface area contributed by atoms with Gasteiger partial charge in [-0.3, -0.25) is 9.48 Å². The van der Waals surface area contributed by atoms with Gasteiger partial charge in [-0.05, 0) is 20.3 Å². The predicted molar refractivity (Wildman–Crippen MR) is 67.2 cm³/mol. The van der Waals surface area contributed by atoms with E-state index >= 15 is 0 Å². The van der Waals surface area contributed by atoms with Crippen molar-refractivity contribution in [1.29, 1.82) is 5.26 Å². The molecule has 0 aliphatic rings. The Labute approximate surface area is 106 Å². The predicted octanol–water partition coefficient (Wildman–Crippen LogP) is 1.51. The second-order valence-electron chi connectivity index (χ2n) is 4.62. The lowest BCUT2D eigenvalue weighted by molar-refractivity contribution is -0.147. The molecule has 6 heteroatoms. The van der Waals surface area contributed by atoms with Crippen LogP contribution in [0, 0.1) is 23.7 Å². The van der Waals surface area contributed by atoms with E-state index in [1.54, 1.807) is 25.6 Å². The summed E-state index contributed by atoms with van der Waals surface area (Å²) in [5.74, 6) is -0.286. The Hall–Kier alpha value is -2.03. The van der Waals surface area contributed by atoms with Gasteiger partial charge < -0.3 is 10.4 Å². The standard InChI is InChI=1S/C12H18N4O2/c1-5-12(3,11(17)18)7-14-10-9(6-13)8(2)15-16(10)4/h14H,5,7H2,1-4H3,(H,17,18). The quantitative estimate of drug-likeness (QED) is 0.826. The van der Waals surface area contributed by atoms with E-state index in [1.165, 1.54) is 0 Å². The molecule has 98 valence electrons. The molecule has 0 radical (unpaired) electrons. The molecule has 1 rings (SSSR count). The molecule has 0 amide bonds. The van der Waals surface area contributed by atoms with E-state index in [9.17, 15) is 9.90 Å². The molecular formula is C12H18N4O2. The lowest BCUT2D eigenvalue weighted by atomic mass is 9.88. The molecular weight excluding hydrogens is 232 g/mol. The molecule has 6 nitrogen and oxygen atoms in total. The van der Waals surface area contributed by atoms with Crippen LogP contribution in [0.2, 0.25) is 0 Å². The number of rotatable bonds is 5. The molecule has 0 saturated carbocycles. The summed E-state index contributed by atoms with van der Waals surface area (Å²) in [4.78, 5) is 11.2. The molecule has 0 aliphatic carbocycles. The number of nitrogens with zero attached hydrogens (tertiary/aromatic N) is 3. The van der Waals surface area contributed by atoms with Crippen LogP contribution in [0.25, 0.3) is 0 Å². The van der Waals surface area contributed by atoms with Crippen LogP contribution in [-0.4, -0.2) is 27.4 Å². The molecule has 1 unspecified atom stereocenters. The monoisotopic (exact) mass is 250 g/mol. The average Bonchev–Trinajstić information content (AvgIpc) is 2.59. The summed E-state index contributed by atoms with van der Waals surface area (Å²) in [6, 6.07) is 2.07. The molecule has 1 aromatic heterocycles. The maximum atomic E-state index is 11.2. The van der Waals surface area contributed by atoms with E-state index in [0.717, 1.165) is 0 Å². The van der Waals surface area contributed by atoms with E-state index in [0.29, 0.717) is 23.5 Å². The molecule has 1 heterocycles. The first-order chi connectivity index (χ1) is 8.35. The van der Waals surface area contributed by atoms with Gasteiger partial charge in [0.25, 0.3) is 0 Å². The molecule has 0 spiro atoms. The zero-order chi connectivity index (χ0) is 13.9. The van der Waals surface area contributed by atoms with Crippen molar-refractivity contribution < 1.29 is 9.90 Å². The Bertz CT molecular complexity index is 501. The number of carboxylic acid groups (broad SMARTS) is 1. The summed E-state index contributed by atoms with van der Waals surface area (Å²) in [7, 11) is 1.72. The van der Waals surface area contributed by atoms with Crippen molar-refractivity contribution in [2.45, 2.75) is 27.2 Å². The van der Waals surface area contributed by atoms with E-state index in [2.05, 4.69) is 16.5 Å². The van der Waals surface area contributed by atoms with Crippen molar-refractivity contribution in [3.05, 3.63) is 11.3 Å². The van der Waals surface area contributed by atoms with Gasteiger partial charge in [-0.25, -0.2) is 0 Å². The van der Waals surface area contributed by atoms with Gasteiger partial charge in [-0.2, -0.15) is 10.4 Å². The molecule has 18 heavy (non-hydrogen) atoms. The smallest absolute Gasteiger partial charge is 0.311 e. The summed E-state index contributed by atoms with van der Waals surface area (Å²) in [6.45, 7) is 5.51. The number of hydrogen-bond donors (Lipinski definition) is 2. The molecule has 2 N–H and O–H groups in total. The van der Waals surface area contributed by atoms with E-state index < -0.39 is 11.4 Å². The van der Waals surface area contributed by atoms with Crippen LogP contribution in [-0.2, 0) is 11.8 Å². The normalized spacial score (nSPS) is 13.7. The largest absolute Gasteiger partial charge is 0.481 e. The fourth-order valence-electron chi connectivity index (χ4n) is 1.63. The second kappa shape index (κ2) is 5.08. The summed E-state index contributed by atoms with van der Waals surface area (Å²) < 4.78 is 1.56. The van der Waals surface area contributed by atoms with Gasteiger partial charge in [-0.1, -0.05) is 6.92 Å². The minimum atomic E-state index is -0.856. The molecule has 1 aromatic rings. The van der Waals surface area contributed by atoms with Gasteiger partial charge >= 0.3 is 5.97 Å². The highest BCUT2D eigenvalue weighted by Gasteiger charge is 2.31. The van der Waals surface area contributed by atoms with Gasteiger partial charge in [-0.15, -0.1) is 0 Å². The van der Waals surface area contributed by atoms with Gasteiger partial charge in [0.1, 0.15) is 17.5 Å². The third-order valence-electron chi connectivity index (χ3n) is 3.28. The molecule has 0 aliphatic heterocycles. The maximum absolute atomic E-state index is 11.2. The lowest BCUT2D eigenvalue weighted by Crippen LogP contribution is -2.34. The van der Waals surface area contributed by atoms with Crippen molar-refractivity contribution in [1.82, 2.24) is 9.78 Å². The number of nitriles is 1. The van der Waals surface area contributed by atoms with Crippen molar-refractivity contribution >= 4 is 11.8 Å². The molecule has 0 saturated heterocycles. The van der Waals surface area contributed by atoms with Gasteiger partial charge in [0.05, 0.1) is 11.1 Å². The molecule has 1 atom stereocenters. The van der Waals surface area contributed by atoms with Crippen LogP contribution in [0.3, 0.4) is 0 Å². The Kier molecular flexibility index (Phi) is 3.96. The first-order valence-corrected chi connectivity index (χ1v) is 5.76. The number of anilines is 1. The van der Waals surface area contributed by atoms with Crippen molar-refractivity contribution in [3.63, 3.8) is 0 Å². The Balaban J connectivity index is 2.94. The first kappa shape index (κ1) is 14.0. The number of carbonyl (C=O) groups is 1. The zero-order valence-corrected chi connectivity index (χ0v) is 11.1. The molecule has 0 aromatic carbocycles.